The fraction of sp³-hybridized carbons (Fsp3) is 0.115. The van der Waals surface area contributed by atoms with E-state index in [-0.39, 0.29) is 6.04 Å². The number of aromatic nitrogens is 1. The van der Waals surface area contributed by atoms with Crippen molar-refractivity contribution in [2.45, 2.75) is 12.6 Å². The van der Waals surface area contributed by atoms with Crippen LogP contribution in [0.1, 0.15) is 22.7 Å². The SMILES string of the molecule is COc1ccccc1-c1cccc(CNC(c2ccccc2)c2ccncc2)c1. The van der Waals surface area contributed by atoms with E-state index in [4.69, 9.17) is 4.74 Å². The molecule has 0 radical (unpaired) electrons. The van der Waals surface area contributed by atoms with Crippen LogP contribution >= 0.6 is 0 Å². The second-order valence-corrected chi connectivity index (χ2v) is 6.91. The Kier molecular flexibility index (Phi) is 5.98. The highest BCUT2D eigenvalue weighted by Gasteiger charge is 2.13. The van der Waals surface area contributed by atoms with E-state index in [1.807, 2.05) is 36.7 Å². The summed E-state index contributed by atoms with van der Waals surface area (Å²) in [5.41, 5.74) is 5.92. The van der Waals surface area contributed by atoms with Crippen LogP contribution in [0.2, 0.25) is 0 Å². The molecule has 0 aliphatic rings. The van der Waals surface area contributed by atoms with Crippen molar-refractivity contribution < 1.29 is 4.74 Å². The van der Waals surface area contributed by atoms with E-state index >= 15 is 0 Å². The van der Waals surface area contributed by atoms with Gasteiger partial charge in [-0.25, -0.2) is 0 Å². The summed E-state index contributed by atoms with van der Waals surface area (Å²) < 4.78 is 5.53. The van der Waals surface area contributed by atoms with Crippen LogP contribution in [0.5, 0.6) is 5.75 Å². The second kappa shape index (κ2) is 9.18. The second-order valence-electron chi connectivity index (χ2n) is 6.91. The molecular formula is C26H24N2O. The molecule has 4 rings (SSSR count). The maximum Gasteiger partial charge on any atom is 0.126 e. The van der Waals surface area contributed by atoms with Gasteiger partial charge in [-0.1, -0.05) is 66.7 Å². The molecule has 1 N–H and O–H groups in total. The van der Waals surface area contributed by atoms with Crippen molar-refractivity contribution >= 4 is 0 Å². The van der Waals surface area contributed by atoms with Gasteiger partial charge in [0, 0.05) is 24.5 Å². The number of ether oxygens (including phenoxy) is 1. The first-order valence-electron chi connectivity index (χ1n) is 9.76. The summed E-state index contributed by atoms with van der Waals surface area (Å²) in [6, 6.07) is 31.5. The Morgan fingerprint density at radius 2 is 1.52 bits per heavy atom. The van der Waals surface area contributed by atoms with Crippen molar-refractivity contribution in [1.82, 2.24) is 10.3 Å². The molecule has 0 aliphatic heterocycles. The van der Waals surface area contributed by atoms with Gasteiger partial charge in [-0.15, -0.1) is 0 Å². The number of rotatable bonds is 7. The number of methoxy groups -OCH3 is 1. The van der Waals surface area contributed by atoms with E-state index in [0.717, 1.165) is 23.4 Å². The number of para-hydroxylation sites is 1. The van der Waals surface area contributed by atoms with Gasteiger partial charge >= 0.3 is 0 Å². The zero-order valence-corrected chi connectivity index (χ0v) is 16.5. The zero-order chi connectivity index (χ0) is 19.9. The number of benzene rings is 3. The third-order valence-corrected chi connectivity index (χ3v) is 5.03. The molecule has 0 saturated carbocycles. The summed E-state index contributed by atoms with van der Waals surface area (Å²) in [4.78, 5) is 4.16. The monoisotopic (exact) mass is 380 g/mol. The Morgan fingerprint density at radius 1 is 0.793 bits per heavy atom. The number of nitrogens with zero attached hydrogens (tertiary/aromatic N) is 1. The van der Waals surface area contributed by atoms with Crippen LogP contribution in [0.4, 0.5) is 0 Å². The lowest BCUT2D eigenvalue weighted by Gasteiger charge is -2.20. The summed E-state index contributed by atoms with van der Waals surface area (Å²) in [5.74, 6) is 0.886. The normalized spacial score (nSPS) is 11.8. The van der Waals surface area contributed by atoms with Crippen molar-refractivity contribution in [1.29, 1.82) is 0 Å². The summed E-state index contributed by atoms with van der Waals surface area (Å²) in [5, 5.41) is 3.72. The predicted octanol–water partition coefficient (Wildman–Crippen LogP) is 5.64. The minimum atomic E-state index is 0.106. The summed E-state index contributed by atoms with van der Waals surface area (Å²) in [6.07, 6.45) is 3.69. The lowest BCUT2D eigenvalue weighted by Crippen LogP contribution is -2.22. The first-order valence-corrected chi connectivity index (χ1v) is 9.76. The van der Waals surface area contributed by atoms with E-state index in [2.05, 4.69) is 77.0 Å². The van der Waals surface area contributed by atoms with Crippen LogP contribution in [0, 0.1) is 0 Å². The van der Waals surface area contributed by atoms with E-state index in [1.54, 1.807) is 7.11 Å². The van der Waals surface area contributed by atoms with Gasteiger partial charge in [-0.3, -0.25) is 4.98 Å². The van der Waals surface area contributed by atoms with Crippen molar-refractivity contribution in [3.63, 3.8) is 0 Å². The van der Waals surface area contributed by atoms with Gasteiger partial charge in [-0.2, -0.15) is 0 Å². The summed E-state index contributed by atoms with van der Waals surface area (Å²) in [6.45, 7) is 0.755. The number of hydrogen-bond acceptors (Lipinski definition) is 3. The standard InChI is InChI=1S/C26H24N2O/c1-29-25-13-6-5-12-24(25)23-11-7-8-20(18-23)19-28-26(21-9-3-2-4-10-21)22-14-16-27-17-15-22/h2-18,26,28H,19H2,1H3. The average Bonchev–Trinajstić information content (AvgIpc) is 2.81. The lowest BCUT2D eigenvalue weighted by molar-refractivity contribution is 0.416. The predicted molar refractivity (Wildman–Crippen MR) is 118 cm³/mol. The van der Waals surface area contributed by atoms with Crippen LogP contribution < -0.4 is 10.1 Å². The van der Waals surface area contributed by atoms with Crippen LogP contribution in [-0.2, 0) is 6.54 Å². The molecule has 1 unspecified atom stereocenters. The Morgan fingerprint density at radius 3 is 2.31 bits per heavy atom. The highest BCUT2D eigenvalue weighted by molar-refractivity contribution is 5.70. The quantitative estimate of drug-likeness (QED) is 0.451. The zero-order valence-electron chi connectivity index (χ0n) is 16.5. The van der Waals surface area contributed by atoms with Crippen LogP contribution in [0.15, 0.2) is 103 Å². The average molecular weight is 380 g/mol. The van der Waals surface area contributed by atoms with E-state index in [1.165, 1.54) is 16.7 Å². The Bertz CT molecular complexity index is 1010. The fourth-order valence-electron chi connectivity index (χ4n) is 3.58. The number of hydrogen-bond donors (Lipinski definition) is 1. The van der Waals surface area contributed by atoms with Crippen molar-refractivity contribution in [3.05, 3.63) is 120 Å². The Balaban J connectivity index is 1.58. The molecule has 1 aromatic heterocycles. The van der Waals surface area contributed by atoms with Gasteiger partial charge in [0.1, 0.15) is 5.75 Å². The Labute approximate surface area is 172 Å². The molecule has 0 saturated heterocycles. The van der Waals surface area contributed by atoms with Crippen molar-refractivity contribution in [2.75, 3.05) is 7.11 Å². The number of nitrogens with one attached hydrogen (secondary N) is 1. The van der Waals surface area contributed by atoms with E-state index in [0.29, 0.717) is 0 Å². The molecule has 3 nitrogen and oxygen atoms in total. The first-order chi connectivity index (χ1) is 14.3. The van der Waals surface area contributed by atoms with Gasteiger partial charge < -0.3 is 10.1 Å². The van der Waals surface area contributed by atoms with Crippen LogP contribution in [0.3, 0.4) is 0 Å². The molecule has 0 amide bonds. The summed E-state index contributed by atoms with van der Waals surface area (Å²) in [7, 11) is 1.71. The van der Waals surface area contributed by atoms with Crippen LogP contribution in [0.25, 0.3) is 11.1 Å². The van der Waals surface area contributed by atoms with Crippen molar-refractivity contribution in [3.8, 4) is 16.9 Å². The lowest BCUT2D eigenvalue weighted by atomic mass is 9.98. The molecule has 1 atom stereocenters. The molecule has 0 aliphatic carbocycles. The van der Waals surface area contributed by atoms with Gasteiger partial charge in [0.15, 0.2) is 0 Å². The van der Waals surface area contributed by atoms with Gasteiger partial charge in [-0.05, 0) is 46.5 Å². The molecule has 1 heterocycles. The van der Waals surface area contributed by atoms with E-state index in [9.17, 15) is 0 Å². The maximum absolute atomic E-state index is 5.53. The minimum Gasteiger partial charge on any atom is -0.496 e. The van der Waals surface area contributed by atoms with Crippen LogP contribution in [-0.4, -0.2) is 12.1 Å². The van der Waals surface area contributed by atoms with Gasteiger partial charge in [0.2, 0.25) is 0 Å². The third kappa shape index (κ3) is 4.53. The largest absolute Gasteiger partial charge is 0.496 e. The van der Waals surface area contributed by atoms with Crippen molar-refractivity contribution in [2.24, 2.45) is 0 Å². The molecule has 144 valence electrons. The molecule has 3 aromatic carbocycles. The molecule has 0 spiro atoms. The van der Waals surface area contributed by atoms with E-state index < -0.39 is 0 Å². The molecule has 4 aromatic rings. The highest BCUT2D eigenvalue weighted by atomic mass is 16.5. The molecular weight excluding hydrogens is 356 g/mol. The smallest absolute Gasteiger partial charge is 0.126 e. The summed E-state index contributed by atoms with van der Waals surface area (Å²) >= 11 is 0. The topological polar surface area (TPSA) is 34.1 Å². The first kappa shape index (κ1) is 18.9. The minimum absolute atomic E-state index is 0.106. The Hall–Kier alpha value is -3.43. The fourth-order valence-corrected chi connectivity index (χ4v) is 3.58. The van der Waals surface area contributed by atoms with Gasteiger partial charge in [0.05, 0.1) is 13.2 Å². The molecule has 29 heavy (non-hydrogen) atoms. The van der Waals surface area contributed by atoms with Gasteiger partial charge in [0.25, 0.3) is 0 Å². The maximum atomic E-state index is 5.53. The third-order valence-electron chi connectivity index (χ3n) is 5.03. The number of pyridine rings is 1. The highest BCUT2D eigenvalue weighted by Crippen LogP contribution is 2.30. The molecule has 3 heteroatoms. The molecule has 0 bridgehead atoms. The molecule has 0 fully saturated rings.